The number of benzene rings is 3. The van der Waals surface area contributed by atoms with Gasteiger partial charge in [0.2, 0.25) is 5.91 Å². The van der Waals surface area contributed by atoms with Crippen molar-refractivity contribution in [3.8, 4) is 17.2 Å². The largest absolute Gasteiger partial charge is 0.496 e. The summed E-state index contributed by atoms with van der Waals surface area (Å²) in [4.78, 5) is 34.1. The van der Waals surface area contributed by atoms with Crippen molar-refractivity contribution in [1.29, 1.82) is 0 Å². The third-order valence-electron chi connectivity index (χ3n) is 6.27. The topological polar surface area (TPSA) is 77.5 Å². The first-order chi connectivity index (χ1) is 17.0. The second kappa shape index (κ2) is 8.92. The van der Waals surface area contributed by atoms with Gasteiger partial charge in [-0.3, -0.25) is 14.4 Å². The first-order valence-electron chi connectivity index (χ1n) is 10.9. The van der Waals surface area contributed by atoms with Crippen LogP contribution in [0, 0.1) is 11.7 Å². The summed E-state index contributed by atoms with van der Waals surface area (Å²) in [6, 6.07) is 17.4. The summed E-state index contributed by atoms with van der Waals surface area (Å²) < 4.78 is 31.1. The van der Waals surface area contributed by atoms with Crippen LogP contribution < -0.4 is 24.2 Å². The quantitative estimate of drug-likeness (QED) is 0.498. The number of amides is 2. The second-order valence-corrected chi connectivity index (χ2v) is 8.07. The van der Waals surface area contributed by atoms with Crippen molar-refractivity contribution >= 4 is 23.2 Å². The molecule has 0 spiro atoms. The molecule has 0 aromatic heterocycles. The van der Waals surface area contributed by atoms with Gasteiger partial charge < -0.3 is 14.2 Å². The van der Waals surface area contributed by atoms with E-state index >= 15 is 0 Å². The number of hydrogen-bond donors (Lipinski definition) is 0. The van der Waals surface area contributed by atoms with Gasteiger partial charge >= 0.3 is 0 Å². The standard InChI is InChI=1S/C26H23FN2O6/c1-32-19-14-21(34-3)20(33-2)13-16(19)23-22-24(35-29(23)15-9-5-4-6-10-15)26(31)28(25(22)30)18-12-8-7-11-17(18)27/h4-14,22-24H,1-3H3/t22-,23+,24-/m1/s1. The molecule has 2 aliphatic rings. The molecule has 9 heteroatoms. The molecule has 180 valence electrons. The molecule has 2 aliphatic heterocycles. The van der Waals surface area contributed by atoms with Gasteiger partial charge in [0.15, 0.2) is 17.6 Å². The van der Waals surface area contributed by atoms with Gasteiger partial charge in [0.05, 0.1) is 32.7 Å². The van der Waals surface area contributed by atoms with Gasteiger partial charge in [-0.2, -0.15) is 0 Å². The number of halogens is 1. The molecule has 0 saturated carbocycles. The van der Waals surface area contributed by atoms with Crippen LogP contribution in [0.25, 0.3) is 0 Å². The molecule has 3 aromatic rings. The van der Waals surface area contributed by atoms with Crippen LogP contribution in [-0.2, 0) is 14.4 Å². The average molecular weight is 478 g/mol. The monoisotopic (exact) mass is 478 g/mol. The van der Waals surface area contributed by atoms with Crippen molar-refractivity contribution in [1.82, 2.24) is 0 Å². The van der Waals surface area contributed by atoms with Gasteiger partial charge in [-0.05, 0) is 30.3 Å². The number of nitrogens with zero attached hydrogens (tertiary/aromatic N) is 2. The summed E-state index contributed by atoms with van der Waals surface area (Å²) in [5, 5.41) is 1.54. The fourth-order valence-electron chi connectivity index (χ4n) is 4.68. The number of rotatable bonds is 6. The normalized spacial score (nSPS) is 21.3. The van der Waals surface area contributed by atoms with Gasteiger partial charge in [-0.15, -0.1) is 0 Å². The molecule has 5 rings (SSSR count). The van der Waals surface area contributed by atoms with E-state index < -0.39 is 35.7 Å². The van der Waals surface area contributed by atoms with E-state index in [0.717, 1.165) is 4.90 Å². The summed E-state index contributed by atoms with van der Waals surface area (Å²) in [6.07, 6.45) is -1.15. The lowest BCUT2D eigenvalue weighted by atomic mass is 9.89. The Morgan fingerprint density at radius 2 is 1.43 bits per heavy atom. The highest BCUT2D eigenvalue weighted by atomic mass is 19.1. The minimum absolute atomic E-state index is 0.107. The summed E-state index contributed by atoms with van der Waals surface area (Å²) in [6.45, 7) is 0. The maximum absolute atomic E-state index is 14.6. The average Bonchev–Trinajstić information content (AvgIpc) is 3.39. The van der Waals surface area contributed by atoms with E-state index in [9.17, 15) is 14.0 Å². The Labute approximate surface area is 201 Å². The molecule has 0 N–H and O–H groups in total. The van der Waals surface area contributed by atoms with Crippen molar-refractivity contribution in [2.24, 2.45) is 5.92 Å². The Hall–Kier alpha value is -4.11. The number of hydrogen-bond acceptors (Lipinski definition) is 7. The van der Waals surface area contributed by atoms with Crippen LogP contribution in [0.3, 0.4) is 0 Å². The first-order valence-corrected chi connectivity index (χ1v) is 10.9. The molecule has 8 nitrogen and oxygen atoms in total. The highest BCUT2D eigenvalue weighted by Gasteiger charge is 2.61. The van der Waals surface area contributed by atoms with Gasteiger partial charge in [-0.25, -0.2) is 14.4 Å². The van der Waals surface area contributed by atoms with E-state index in [0.29, 0.717) is 28.5 Å². The molecular weight excluding hydrogens is 455 g/mol. The molecule has 0 radical (unpaired) electrons. The Kier molecular flexibility index (Phi) is 5.78. The molecule has 3 atom stereocenters. The Morgan fingerprint density at radius 3 is 2.09 bits per heavy atom. The number of para-hydroxylation sites is 2. The second-order valence-electron chi connectivity index (χ2n) is 8.07. The van der Waals surface area contributed by atoms with Crippen LogP contribution in [0.2, 0.25) is 0 Å². The number of hydroxylamine groups is 1. The predicted molar refractivity (Wildman–Crippen MR) is 125 cm³/mol. The number of anilines is 2. The van der Waals surface area contributed by atoms with Gasteiger partial charge in [0.1, 0.15) is 23.5 Å². The van der Waals surface area contributed by atoms with Crippen LogP contribution in [0.15, 0.2) is 66.7 Å². The van der Waals surface area contributed by atoms with Gasteiger partial charge in [0.25, 0.3) is 5.91 Å². The van der Waals surface area contributed by atoms with Crippen LogP contribution in [0.4, 0.5) is 15.8 Å². The smallest absolute Gasteiger partial charge is 0.266 e. The van der Waals surface area contributed by atoms with E-state index in [2.05, 4.69) is 0 Å². The van der Waals surface area contributed by atoms with E-state index in [-0.39, 0.29) is 5.69 Å². The molecule has 35 heavy (non-hydrogen) atoms. The Bertz CT molecular complexity index is 1280. The minimum atomic E-state index is -1.15. The molecule has 2 heterocycles. The summed E-state index contributed by atoms with van der Waals surface area (Å²) >= 11 is 0. The maximum atomic E-state index is 14.6. The zero-order chi connectivity index (χ0) is 24.7. The van der Waals surface area contributed by atoms with E-state index in [4.69, 9.17) is 19.0 Å². The van der Waals surface area contributed by atoms with Crippen LogP contribution >= 0.6 is 0 Å². The molecule has 0 unspecified atom stereocenters. The lowest BCUT2D eigenvalue weighted by Crippen LogP contribution is -2.38. The zero-order valence-electron chi connectivity index (χ0n) is 19.3. The summed E-state index contributed by atoms with van der Waals surface area (Å²) in [5.74, 6) is -1.55. The highest BCUT2D eigenvalue weighted by molar-refractivity contribution is 6.24. The third-order valence-corrected chi connectivity index (χ3v) is 6.27. The van der Waals surface area contributed by atoms with Crippen molar-refractivity contribution in [2.75, 3.05) is 31.3 Å². The molecule has 2 amide bonds. The fourth-order valence-corrected chi connectivity index (χ4v) is 4.68. The first kappa shape index (κ1) is 22.7. The Balaban J connectivity index is 1.67. The van der Waals surface area contributed by atoms with E-state index in [1.54, 1.807) is 18.2 Å². The molecule has 3 aromatic carbocycles. The van der Waals surface area contributed by atoms with Crippen molar-refractivity contribution in [3.05, 3.63) is 78.1 Å². The zero-order valence-corrected chi connectivity index (χ0v) is 19.3. The van der Waals surface area contributed by atoms with Gasteiger partial charge in [-0.1, -0.05) is 30.3 Å². The van der Waals surface area contributed by atoms with Crippen LogP contribution in [-0.4, -0.2) is 39.2 Å². The molecular formula is C26H23FN2O6. The highest BCUT2D eigenvalue weighted by Crippen LogP contribution is 2.51. The van der Waals surface area contributed by atoms with Crippen molar-refractivity contribution in [2.45, 2.75) is 12.1 Å². The number of imide groups is 1. The lowest BCUT2D eigenvalue weighted by Gasteiger charge is -2.30. The number of ether oxygens (including phenoxy) is 3. The van der Waals surface area contributed by atoms with Gasteiger partial charge in [0, 0.05) is 11.6 Å². The number of carbonyl (C=O) groups excluding carboxylic acids is 2. The predicted octanol–water partition coefficient (Wildman–Crippen LogP) is 3.90. The van der Waals surface area contributed by atoms with Crippen molar-refractivity contribution < 1.29 is 33.0 Å². The van der Waals surface area contributed by atoms with Crippen molar-refractivity contribution in [3.63, 3.8) is 0 Å². The molecule has 2 fully saturated rings. The number of methoxy groups -OCH3 is 3. The van der Waals surface area contributed by atoms with Crippen LogP contribution in [0.1, 0.15) is 11.6 Å². The molecule has 0 aliphatic carbocycles. The summed E-state index contributed by atoms with van der Waals surface area (Å²) in [5.41, 5.74) is 1.09. The third kappa shape index (κ3) is 3.55. The maximum Gasteiger partial charge on any atom is 0.266 e. The number of carbonyl (C=O) groups is 2. The van der Waals surface area contributed by atoms with E-state index in [1.165, 1.54) is 44.6 Å². The minimum Gasteiger partial charge on any atom is -0.496 e. The lowest BCUT2D eigenvalue weighted by molar-refractivity contribution is -0.126. The van der Waals surface area contributed by atoms with E-state index in [1.807, 2.05) is 30.3 Å². The fraction of sp³-hybridized carbons (Fsp3) is 0.231. The number of fused-ring (bicyclic) bond motifs is 1. The summed E-state index contributed by atoms with van der Waals surface area (Å²) in [7, 11) is 4.51. The SMILES string of the molecule is COc1cc(OC)c([C@H]2[C@H]3C(=O)N(c4ccccc4F)C(=O)[C@@H]3ON2c2ccccc2)cc1OC. The van der Waals surface area contributed by atoms with Crippen LogP contribution in [0.5, 0.6) is 17.2 Å². The Morgan fingerprint density at radius 1 is 0.800 bits per heavy atom. The molecule has 2 saturated heterocycles. The molecule has 0 bridgehead atoms.